The van der Waals surface area contributed by atoms with Crippen molar-refractivity contribution in [2.24, 2.45) is 0 Å². The molecule has 0 saturated carbocycles. The third-order valence-electron chi connectivity index (χ3n) is 6.86. The quantitative estimate of drug-likeness (QED) is 0.461. The second kappa shape index (κ2) is 9.32. The topological polar surface area (TPSA) is 99.7 Å². The molecule has 3 aromatic rings. The number of amides is 2. The summed E-state index contributed by atoms with van der Waals surface area (Å²) in [6.45, 7) is 6.08. The molecule has 0 aliphatic carbocycles. The average molecular weight is 543 g/mol. The summed E-state index contributed by atoms with van der Waals surface area (Å²) in [5.41, 5.74) is 5.97. The molecule has 7 nitrogen and oxygen atoms in total. The molecule has 3 heterocycles. The number of benzene rings is 2. The van der Waals surface area contributed by atoms with E-state index in [9.17, 15) is 19.2 Å². The maximum absolute atomic E-state index is 15.7. The summed E-state index contributed by atoms with van der Waals surface area (Å²) < 4.78 is 36.3. The van der Waals surface area contributed by atoms with E-state index in [1.54, 1.807) is 9.80 Å². The molecular weight excluding hydrogens is 522 g/mol. The van der Waals surface area contributed by atoms with Gasteiger partial charge in [-0.05, 0) is 30.7 Å². The van der Waals surface area contributed by atoms with Crippen LogP contribution in [0, 0.1) is 23.0 Å². The molecule has 2 N–H and O–H groups in total. The van der Waals surface area contributed by atoms with Crippen LogP contribution in [0.2, 0.25) is 5.02 Å². The molecular formula is C26H21ClF2N4O3S. The Morgan fingerprint density at radius 2 is 2.08 bits per heavy atom. The highest BCUT2D eigenvalue weighted by molar-refractivity contribution is 7.23. The van der Waals surface area contributed by atoms with Crippen molar-refractivity contribution in [2.75, 3.05) is 25.4 Å². The summed E-state index contributed by atoms with van der Waals surface area (Å²) in [5.74, 6) is -2.10. The molecule has 2 aliphatic rings. The van der Waals surface area contributed by atoms with Crippen LogP contribution in [-0.4, -0.2) is 53.4 Å². The summed E-state index contributed by atoms with van der Waals surface area (Å²) in [5, 5.41) is 9.73. The van der Waals surface area contributed by atoms with Crippen LogP contribution in [0.4, 0.5) is 13.8 Å². The lowest BCUT2D eigenvalue weighted by molar-refractivity contribution is -0.131. The summed E-state index contributed by atoms with van der Waals surface area (Å²) in [6.07, 6.45) is 1.66. The van der Waals surface area contributed by atoms with Crippen LogP contribution in [0.15, 0.2) is 30.9 Å². The van der Waals surface area contributed by atoms with Gasteiger partial charge in [0.1, 0.15) is 22.7 Å². The number of ether oxygens (including phenoxy) is 1. The van der Waals surface area contributed by atoms with Gasteiger partial charge in [-0.1, -0.05) is 24.2 Å². The average Bonchev–Trinajstić information content (AvgIpc) is 3.22. The zero-order valence-electron chi connectivity index (χ0n) is 19.7. The molecule has 2 aromatic carbocycles. The smallest absolute Gasteiger partial charge is 0.258 e. The van der Waals surface area contributed by atoms with E-state index in [2.05, 4.69) is 6.58 Å². The number of hydrogen-bond acceptors (Lipinski definition) is 6. The molecule has 0 radical (unpaired) electrons. The Morgan fingerprint density at radius 3 is 2.78 bits per heavy atom. The standard InChI is InChI=1S/C26H21ClF2N4O3S/c1-3-19(34)32-11-13-6-7-36-23-15(26(35)33(13)10-12(32)2)8-18(29)21(22(23)27)14-4-5-17(28)24-20(14)16(9-30)25(31)37-24/h3-5,8,12-13H,1,6-7,10-11,31H2,2H3/t12-,13+/m1/s1. The molecule has 0 spiro atoms. The third kappa shape index (κ3) is 3.90. The summed E-state index contributed by atoms with van der Waals surface area (Å²) in [4.78, 5) is 29.2. The largest absolute Gasteiger partial charge is 0.491 e. The van der Waals surface area contributed by atoms with Gasteiger partial charge in [0.15, 0.2) is 5.75 Å². The molecule has 5 rings (SSSR count). The van der Waals surface area contributed by atoms with Crippen LogP contribution in [0.1, 0.15) is 29.3 Å². The van der Waals surface area contributed by atoms with Crippen molar-refractivity contribution < 1.29 is 23.1 Å². The van der Waals surface area contributed by atoms with Gasteiger partial charge in [0.25, 0.3) is 5.91 Å². The van der Waals surface area contributed by atoms with Gasteiger partial charge >= 0.3 is 0 Å². The first-order chi connectivity index (χ1) is 17.7. The van der Waals surface area contributed by atoms with Gasteiger partial charge in [-0.25, -0.2) is 8.78 Å². The normalized spacial score (nSPS) is 19.4. The number of carbonyl (C=O) groups excluding carboxylic acids is 2. The van der Waals surface area contributed by atoms with Gasteiger partial charge < -0.3 is 20.3 Å². The van der Waals surface area contributed by atoms with E-state index in [1.165, 1.54) is 12.1 Å². The molecule has 11 heteroatoms. The highest BCUT2D eigenvalue weighted by atomic mass is 35.5. The zero-order chi connectivity index (χ0) is 26.6. The van der Waals surface area contributed by atoms with Crippen molar-refractivity contribution in [3.05, 3.63) is 58.6 Å². The van der Waals surface area contributed by atoms with E-state index in [0.29, 0.717) is 13.0 Å². The monoisotopic (exact) mass is 542 g/mol. The maximum Gasteiger partial charge on any atom is 0.258 e. The predicted octanol–water partition coefficient (Wildman–Crippen LogP) is 4.96. The van der Waals surface area contributed by atoms with Crippen molar-refractivity contribution in [1.82, 2.24) is 9.80 Å². The number of thiophene rings is 1. The molecule has 1 aromatic heterocycles. The highest BCUT2D eigenvalue weighted by Gasteiger charge is 2.39. The number of carbonyl (C=O) groups is 2. The zero-order valence-corrected chi connectivity index (χ0v) is 21.3. The minimum absolute atomic E-state index is 0.0120. The van der Waals surface area contributed by atoms with E-state index in [4.69, 9.17) is 22.1 Å². The van der Waals surface area contributed by atoms with E-state index in [0.717, 1.165) is 23.5 Å². The molecule has 0 unspecified atom stereocenters. The van der Waals surface area contributed by atoms with E-state index < -0.39 is 17.5 Å². The van der Waals surface area contributed by atoms with Gasteiger partial charge in [0.05, 0.1) is 33.5 Å². The number of nitrogens with two attached hydrogens (primary N) is 1. The minimum atomic E-state index is -0.826. The fourth-order valence-electron chi connectivity index (χ4n) is 5.07. The Bertz CT molecular complexity index is 1530. The molecule has 1 fully saturated rings. The molecule has 2 amide bonds. The maximum atomic E-state index is 15.7. The molecule has 2 aliphatic heterocycles. The van der Waals surface area contributed by atoms with Crippen molar-refractivity contribution in [3.63, 3.8) is 0 Å². The van der Waals surface area contributed by atoms with Crippen molar-refractivity contribution >= 4 is 49.8 Å². The second-order valence-electron chi connectivity index (χ2n) is 8.97. The lowest BCUT2D eigenvalue weighted by atomic mass is 9.95. The Morgan fingerprint density at radius 1 is 1.32 bits per heavy atom. The summed E-state index contributed by atoms with van der Waals surface area (Å²) in [7, 11) is 0. The van der Waals surface area contributed by atoms with Crippen LogP contribution in [-0.2, 0) is 4.79 Å². The van der Waals surface area contributed by atoms with Crippen LogP contribution in [0.5, 0.6) is 5.75 Å². The minimum Gasteiger partial charge on any atom is -0.491 e. The molecule has 0 bridgehead atoms. The molecule has 37 heavy (non-hydrogen) atoms. The van der Waals surface area contributed by atoms with Gasteiger partial charge in [0, 0.05) is 36.5 Å². The van der Waals surface area contributed by atoms with E-state index in [1.807, 2.05) is 13.0 Å². The Hall–Kier alpha value is -3.68. The number of nitriles is 1. The summed E-state index contributed by atoms with van der Waals surface area (Å²) >= 11 is 7.57. The fraction of sp³-hybridized carbons (Fsp3) is 0.269. The Labute approximate surface area is 220 Å². The SMILES string of the molecule is C=CC(=O)N1C[C@@H]2CCOc3c(cc(F)c(-c4ccc(F)c5sc(N)c(C#N)c45)c3Cl)C(=O)N2C[C@H]1C. The van der Waals surface area contributed by atoms with Crippen LogP contribution in [0.25, 0.3) is 21.2 Å². The van der Waals surface area contributed by atoms with Crippen LogP contribution >= 0.6 is 22.9 Å². The first-order valence-corrected chi connectivity index (χ1v) is 12.7. The summed E-state index contributed by atoms with van der Waals surface area (Å²) in [6, 6.07) is 4.91. The van der Waals surface area contributed by atoms with Crippen molar-refractivity contribution in [2.45, 2.75) is 25.4 Å². The lowest BCUT2D eigenvalue weighted by Crippen LogP contribution is -2.60. The molecule has 2 atom stereocenters. The Balaban J connectivity index is 1.63. The van der Waals surface area contributed by atoms with E-state index >= 15 is 4.39 Å². The third-order valence-corrected chi connectivity index (χ3v) is 8.25. The van der Waals surface area contributed by atoms with Gasteiger partial charge in [0.2, 0.25) is 5.91 Å². The number of nitrogens with zero attached hydrogens (tertiary/aromatic N) is 3. The number of fused-ring (bicyclic) bond motifs is 3. The number of rotatable bonds is 2. The van der Waals surface area contributed by atoms with Crippen molar-refractivity contribution in [1.29, 1.82) is 5.26 Å². The number of nitrogen functional groups attached to an aromatic ring is 1. The molecule has 190 valence electrons. The number of piperazine rings is 1. The lowest BCUT2D eigenvalue weighted by Gasteiger charge is -2.46. The van der Waals surface area contributed by atoms with Gasteiger partial charge in [-0.15, -0.1) is 11.3 Å². The first kappa shape index (κ1) is 25.0. The predicted molar refractivity (Wildman–Crippen MR) is 138 cm³/mol. The number of hydrogen-bond donors (Lipinski definition) is 1. The Kier molecular flexibility index (Phi) is 6.30. The fourth-order valence-corrected chi connectivity index (χ4v) is 6.36. The van der Waals surface area contributed by atoms with E-state index in [-0.39, 0.29) is 79.3 Å². The van der Waals surface area contributed by atoms with Crippen LogP contribution in [0.3, 0.4) is 0 Å². The molecule has 1 saturated heterocycles. The number of halogens is 3. The van der Waals surface area contributed by atoms with Gasteiger partial charge in [-0.3, -0.25) is 9.59 Å². The number of anilines is 1. The first-order valence-electron chi connectivity index (χ1n) is 11.5. The van der Waals surface area contributed by atoms with Crippen molar-refractivity contribution in [3.8, 4) is 22.9 Å². The van der Waals surface area contributed by atoms with Crippen LogP contribution < -0.4 is 10.5 Å². The second-order valence-corrected chi connectivity index (χ2v) is 10.4. The van der Waals surface area contributed by atoms with Gasteiger partial charge in [-0.2, -0.15) is 5.26 Å². The highest BCUT2D eigenvalue weighted by Crippen LogP contribution is 2.47.